The summed E-state index contributed by atoms with van der Waals surface area (Å²) in [5.74, 6) is 1.18. The molecule has 6 aromatic rings. The zero-order chi connectivity index (χ0) is 28.0. The van der Waals surface area contributed by atoms with E-state index in [1.54, 1.807) is 0 Å². The van der Waals surface area contributed by atoms with Gasteiger partial charge in [-0.25, -0.2) is 4.79 Å². The molecule has 6 rings (SSSR count). The van der Waals surface area contributed by atoms with Crippen LogP contribution in [0.2, 0.25) is 0 Å². The maximum atomic E-state index is 12.4. The zero-order valence-corrected chi connectivity index (χ0v) is 22.8. The highest BCUT2D eigenvalue weighted by molar-refractivity contribution is 5.96. The summed E-state index contributed by atoms with van der Waals surface area (Å²) in [5, 5.41) is 1.11. The molecular formula is C37H30O4. The first-order valence-corrected chi connectivity index (χ1v) is 13.7. The maximum absolute atomic E-state index is 12.4. The van der Waals surface area contributed by atoms with Crippen molar-refractivity contribution in [1.82, 2.24) is 0 Å². The van der Waals surface area contributed by atoms with Gasteiger partial charge < -0.3 is 13.9 Å². The maximum Gasteiger partial charge on any atom is 0.347 e. The molecule has 1 atom stereocenters. The number of fused-ring (bicyclic) bond motifs is 1. The van der Waals surface area contributed by atoms with E-state index >= 15 is 0 Å². The molecular weight excluding hydrogens is 508 g/mol. The average molecular weight is 539 g/mol. The van der Waals surface area contributed by atoms with E-state index in [4.69, 9.17) is 13.9 Å². The Morgan fingerprint density at radius 1 is 0.659 bits per heavy atom. The molecule has 0 radical (unpaired) electrons. The molecule has 0 unspecified atom stereocenters. The lowest BCUT2D eigenvalue weighted by atomic mass is 9.96. The Morgan fingerprint density at radius 3 is 1.88 bits per heavy atom. The van der Waals surface area contributed by atoms with Crippen molar-refractivity contribution in [3.63, 3.8) is 0 Å². The van der Waals surface area contributed by atoms with E-state index in [2.05, 4.69) is 60.7 Å². The monoisotopic (exact) mass is 538 g/mol. The van der Waals surface area contributed by atoms with Gasteiger partial charge in [-0.15, -0.1) is 0 Å². The summed E-state index contributed by atoms with van der Waals surface area (Å²) in [6, 6.07) is 44.8. The molecule has 0 bridgehead atoms. The minimum Gasteiger partial charge on any atom is -0.478 e. The van der Waals surface area contributed by atoms with Crippen LogP contribution in [0.15, 0.2) is 138 Å². The predicted octanol–water partition coefficient (Wildman–Crippen LogP) is 8.52. The quantitative estimate of drug-likeness (QED) is 0.173. The Balaban J connectivity index is 1.23. The number of esters is 1. The third kappa shape index (κ3) is 5.92. The van der Waals surface area contributed by atoms with Crippen LogP contribution in [0.4, 0.5) is 0 Å². The van der Waals surface area contributed by atoms with Crippen molar-refractivity contribution in [3.8, 4) is 28.0 Å². The van der Waals surface area contributed by atoms with E-state index in [1.165, 1.54) is 12.7 Å². The number of hydrogen-bond donors (Lipinski definition) is 0. The van der Waals surface area contributed by atoms with Gasteiger partial charge in [0.1, 0.15) is 17.1 Å². The van der Waals surface area contributed by atoms with Crippen molar-refractivity contribution in [2.45, 2.75) is 18.9 Å². The fraction of sp³-hybridized carbons (Fsp3) is 0.108. The molecule has 1 heterocycles. The Kier molecular flexibility index (Phi) is 7.63. The van der Waals surface area contributed by atoms with E-state index < -0.39 is 12.1 Å². The van der Waals surface area contributed by atoms with Gasteiger partial charge in [0.2, 0.25) is 0 Å². The molecule has 202 valence electrons. The Bertz CT molecular complexity index is 1740. The lowest BCUT2D eigenvalue weighted by Crippen LogP contribution is -2.30. The molecule has 0 saturated heterocycles. The highest BCUT2D eigenvalue weighted by Gasteiger charge is 2.22. The van der Waals surface area contributed by atoms with E-state index in [9.17, 15) is 4.79 Å². The van der Waals surface area contributed by atoms with Crippen LogP contribution < -0.4 is 4.74 Å². The van der Waals surface area contributed by atoms with Gasteiger partial charge in [-0.05, 0) is 46.0 Å². The van der Waals surface area contributed by atoms with Crippen molar-refractivity contribution in [3.05, 3.63) is 150 Å². The van der Waals surface area contributed by atoms with Crippen molar-refractivity contribution < 1.29 is 18.7 Å². The first kappa shape index (κ1) is 26.1. The molecule has 4 heteroatoms. The highest BCUT2D eigenvalue weighted by atomic mass is 16.6. The van der Waals surface area contributed by atoms with Crippen LogP contribution >= 0.6 is 0 Å². The minimum absolute atomic E-state index is 0.396. The summed E-state index contributed by atoms with van der Waals surface area (Å²) >= 11 is 0. The first-order valence-electron chi connectivity index (χ1n) is 13.7. The lowest BCUT2D eigenvalue weighted by molar-refractivity contribution is -0.148. The lowest BCUT2D eigenvalue weighted by Gasteiger charge is -2.17. The van der Waals surface area contributed by atoms with Gasteiger partial charge in [0.15, 0.2) is 6.10 Å². The molecule has 0 amide bonds. The zero-order valence-electron chi connectivity index (χ0n) is 22.8. The summed E-state index contributed by atoms with van der Waals surface area (Å²) in [7, 11) is 1.38. The summed E-state index contributed by atoms with van der Waals surface area (Å²) in [4.78, 5) is 12.4. The van der Waals surface area contributed by atoms with E-state index in [0.717, 1.165) is 51.0 Å². The van der Waals surface area contributed by atoms with Crippen LogP contribution in [0, 0.1) is 0 Å². The van der Waals surface area contributed by atoms with Crippen molar-refractivity contribution >= 4 is 16.9 Å². The molecule has 4 nitrogen and oxygen atoms in total. The Morgan fingerprint density at radius 2 is 1.22 bits per heavy atom. The molecule has 0 aliphatic carbocycles. The number of ether oxygens (including phenoxy) is 2. The largest absolute Gasteiger partial charge is 0.478 e. The third-order valence-corrected chi connectivity index (χ3v) is 7.24. The molecule has 0 saturated carbocycles. The smallest absolute Gasteiger partial charge is 0.347 e. The topological polar surface area (TPSA) is 48.7 Å². The van der Waals surface area contributed by atoms with Crippen LogP contribution in [0.1, 0.15) is 16.9 Å². The van der Waals surface area contributed by atoms with E-state index in [1.807, 2.05) is 72.8 Å². The number of para-hydroxylation sites is 1. The van der Waals surface area contributed by atoms with Crippen LogP contribution in [0.3, 0.4) is 0 Å². The van der Waals surface area contributed by atoms with Gasteiger partial charge in [0.25, 0.3) is 0 Å². The second kappa shape index (κ2) is 12.0. The van der Waals surface area contributed by atoms with E-state index in [-0.39, 0.29) is 0 Å². The highest BCUT2D eigenvalue weighted by Crippen LogP contribution is 2.37. The van der Waals surface area contributed by atoms with Gasteiger partial charge in [-0.3, -0.25) is 0 Å². The van der Waals surface area contributed by atoms with Crippen LogP contribution in [-0.4, -0.2) is 19.2 Å². The molecule has 0 spiro atoms. The normalized spacial score (nSPS) is 11.7. The first-order chi connectivity index (χ1) is 20.2. The fourth-order valence-corrected chi connectivity index (χ4v) is 5.17. The van der Waals surface area contributed by atoms with Gasteiger partial charge in [-0.1, -0.05) is 115 Å². The van der Waals surface area contributed by atoms with Crippen LogP contribution in [-0.2, 0) is 22.4 Å². The second-order valence-electron chi connectivity index (χ2n) is 9.98. The average Bonchev–Trinajstić information content (AvgIpc) is 3.39. The summed E-state index contributed by atoms with van der Waals surface area (Å²) in [6.45, 7) is 0. The van der Waals surface area contributed by atoms with Crippen molar-refractivity contribution in [1.29, 1.82) is 0 Å². The Labute approximate surface area is 239 Å². The summed E-state index contributed by atoms with van der Waals surface area (Å²) in [5.41, 5.74) is 7.51. The van der Waals surface area contributed by atoms with Gasteiger partial charge in [-0.2, -0.15) is 0 Å². The number of rotatable bonds is 9. The predicted molar refractivity (Wildman–Crippen MR) is 163 cm³/mol. The molecule has 5 aromatic carbocycles. The second-order valence-corrected chi connectivity index (χ2v) is 9.98. The Hall–Kier alpha value is -5.09. The third-order valence-electron chi connectivity index (χ3n) is 7.24. The van der Waals surface area contributed by atoms with Crippen molar-refractivity contribution in [2.75, 3.05) is 7.11 Å². The summed E-state index contributed by atoms with van der Waals surface area (Å²) < 4.78 is 17.4. The van der Waals surface area contributed by atoms with E-state index in [0.29, 0.717) is 12.2 Å². The molecule has 0 aliphatic rings. The number of carbonyl (C=O) groups is 1. The standard InChI is InChI=1S/C37H30O4/c1-39-37(38)35(25-27-12-6-3-7-13-27)40-31-22-20-29(21-23-31)28-16-18-30(19-17-28)36-32-14-8-9-15-33(32)41-34(36)24-26-10-4-2-5-11-26/h2-23,35H,24-25H2,1H3/t35-/m1/s1. The molecule has 0 aliphatic heterocycles. The fourth-order valence-electron chi connectivity index (χ4n) is 5.17. The molecule has 1 aromatic heterocycles. The molecule has 0 N–H and O–H groups in total. The van der Waals surface area contributed by atoms with Crippen LogP contribution in [0.5, 0.6) is 5.75 Å². The number of methoxy groups -OCH3 is 1. The van der Waals surface area contributed by atoms with Gasteiger partial charge in [0.05, 0.1) is 7.11 Å². The number of hydrogen-bond acceptors (Lipinski definition) is 4. The number of carbonyl (C=O) groups excluding carboxylic acids is 1. The SMILES string of the molecule is COC(=O)[C@@H](Cc1ccccc1)Oc1ccc(-c2ccc(-c3c(Cc4ccccc4)oc4ccccc34)cc2)cc1. The molecule has 41 heavy (non-hydrogen) atoms. The van der Waals surface area contributed by atoms with Crippen LogP contribution in [0.25, 0.3) is 33.2 Å². The number of furan rings is 1. The molecule has 0 fully saturated rings. The number of benzene rings is 5. The minimum atomic E-state index is -0.720. The van der Waals surface area contributed by atoms with Gasteiger partial charge >= 0.3 is 5.97 Å². The summed E-state index contributed by atoms with van der Waals surface area (Å²) in [6.07, 6.45) is 0.443. The van der Waals surface area contributed by atoms with Crippen molar-refractivity contribution in [2.24, 2.45) is 0 Å². The van der Waals surface area contributed by atoms with Gasteiger partial charge in [0, 0.05) is 23.8 Å².